The first-order valence-corrected chi connectivity index (χ1v) is 7.94. The molecule has 0 radical (unpaired) electrons. The van der Waals surface area contributed by atoms with Crippen LogP contribution in [0.3, 0.4) is 0 Å². The van der Waals surface area contributed by atoms with Gasteiger partial charge in [-0.1, -0.05) is 24.3 Å². The van der Waals surface area contributed by atoms with Crippen LogP contribution in [0.1, 0.15) is 11.4 Å². The lowest BCUT2D eigenvalue weighted by molar-refractivity contribution is 1.19. The number of hydrogen-bond donors (Lipinski definition) is 1. The average molecular weight is 306 g/mol. The van der Waals surface area contributed by atoms with Crippen molar-refractivity contribution in [3.8, 4) is 0 Å². The quantitative estimate of drug-likeness (QED) is 0.764. The third kappa shape index (κ3) is 2.40. The summed E-state index contributed by atoms with van der Waals surface area (Å²) in [6.07, 6.45) is 13.1. The summed E-state index contributed by atoms with van der Waals surface area (Å²) in [5.74, 6) is 0.615. The SMILES string of the molecule is Cc1nc2ccc3cnc(NC4=CCC=CC=C4)nc3c2s1. The highest BCUT2D eigenvalue weighted by molar-refractivity contribution is 7.19. The predicted octanol–water partition coefficient (Wildman–Crippen LogP) is 4.36. The van der Waals surface area contributed by atoms with E-state index >= 15 is 0 Å². The lowest BCUT2D eigenvalue weighted by atomic mass is 10.2. The number of nitrogens with one attached hydrogen (secondary N) is 1. The molecule has 0 saturated heterocycles. The Kier molecular flexibility index (Phi) is 3.20. The third-order valence-electron chi connectivity index (χ3n) is 3.47. The summed E-state index contributed by atoms with van der Waals surface area (Å²) >= 11 is 1.67. The van der Waals surface area contributed by atoms with E-state index in [1.165, 1.54) is 0 Å². The molecule has 0 spiro atoms. The fraction of sp³-hybridized carbons (Fsp3) is 0.118. The van der Waals surface area contributed by atoms with E-state index in [0.717, 1.165) is 38.2 Å². The molecule has 2 heterocycles. The molecule has 0 aliphatic heterocycles. The van der Waals surface area contributed by atoms with Crippen LogP contribution < -0.4 is 5.32 Å². The van der Waals surface area contributed by atoms with Crippen molar-refractivity contribution in [3.63, 3.8) is 0 Å². The van der Waals surface area contributed by atoms with Gasteiger partial charge in [-0.2, -0.15) is 0 Å². The maximum absolute atomic E-state index is 4.69. The normalized spacial score (nSPS) is 14.3. The molecule has 4 nitrogen and oxygen atoms in total. The maximum atomic E-state index is 4.69. The Morgan fingerprint density at radius 1 is 1.18 bits per heavy atom. The molecule has 2 aromatic heterocycles. The van der Waals surface area contributed by atoms with Gasteiger partial charge >= 0.3 is 0 Å². The summed E-state index contributed by atoms with van der Waals surface area (Å²) in [6, 6.07) is 4.05. The second-order valence-corrected chi connectivity index (χ2v) is 6.29. The van der Waals surface area contributed by atoms with E-state index in [2.05, 4.69) is 27.4 Å². The van der Waals surface area contributed by atoms with Gasteiger partial charge in [-0.05, 0) is 31.6 Å². The Hall–Kier alpha value is -2.53. The van der Waals surface area contributed by atoms with Crippen LogP contribution in [-0.2, 0) is 0 Å². The second kappa shape index (κ2) is 5.35. The molecule has 3 aromatic rings. The molecule has 1 aromatic carbocycles. The molecule has 22 heavy (non-hydrogen) atoms. The van der Waals surface area contributed by atoms with Crippen molar-refractivity contribution in [2.45, 2.75) is 13.3 Å². The standard InChI is InChI=1S/C17H14N4S/c1-11-19-14-9-8-12-10-18-17(21-15(12)16(14)22-11)20-13-6-4-2-3-5-7-13/h2-4,6-10H,5H2,1H3,(H,18,20,21). The zero-order chi connectivity index (χ0) is 14.9. The topological polar surface area (TPSA) is 50.7 Å². The fourth-order valence-corrected chi connectivity index (χ4v) is 3.37. The van der Waals surface area contributed by atoms with E-state index in [0.29, 0.717) is 5.95 Å². The summed E-state index contributed by atoms with van der Waals surface area (Å²) in [6.45, 7) is 2.02. The van der Waals surface area contributed by atoms with E-state index in [9.17, 15) is 0 Å². The number of nitrogens with zero attached hydrogens (tertiary/aromatic N) is 3. The lowest BCUT2D eigenvalue weighted by Gasteiger charge is -2.06. The first kappa shape index (κ1) is 13.2. The number of fused-ring (bicyclic) bond motifs is 3. The summed E-state index contributed by atoms with van der Waals surface area (Å²) in [4.78, 5) is 13.6. The summed E-state index contributed by atoms with van der Waals surface area (Å²) in [5.41, 5.74) is 2.96. The third-order valence-corrected chi connectivity index (χ3v) is 4.46. The van der Waals surface area contributed by atoms with E-state index in [1.807, 2.05) is 43.5 Å². The minimum Gasteiger partial charge on any atom is -0.324 e. The Morgan fingerprint density at radius 3 is 3.09 bits per heavy atom. The smallest absolute Gasteiger partial charge is 0.227 e. The minimum absolute atomic E-state index is 0.615. The number of aromatic nitrogens is 3. The predicted molar refractivity (Wildman–Crippen MR) is 92.1 cm³/mol. The van der Waals surface area contributed by atoms with E-state index < -0.39 is 0 Å². The van der Waals surface area contributed by atoms with Crippen LogP contribution in [0.2, 0.25) is 0 Å². The Balaban J connectivity index is 1.79. The molecule has 1 N–H and O–H groups in total. The zero-order valence-corrected chi connectivity index (χ0v) is 12.9. The van der Waals surface area contributed by atoms with Gasteiger partial charge in [0.05, 0.1) is 20.7 Å². The highest BCUT2D eigenvalue weighted by Gasteiger charge is 2.08. The van der Waals surface area contributed by atoms with E-state index in [-0.39, 0.29) is 0 Å². The van der Waals surface area contributed by atoms with Crippen molar-refractivity contribution in [2.24, 2.45) is 0 Å². The monoisotopic (exact) mass is 306 g/mol. The largest absolute Gasteiger partial charge is 0.324 e. The van der Waals surface area contributed by atoms with Crippen molar-refractivity contribution >= 4 is 38.4 Å². The molecule has 5 heteroatoms. The van der Waals surface area contributed by atoms with Gasteiger partial charge in [0.2, 0.25) is 5.95 Å². The van der Waals surface area contributed by atoms with Crippen LogP contribution in [0.5, 0.6) is 0 Å². The molecule has 1 aliphatic carbocycles. The fourth-order valence-electron chi connectivity index (χ4n) is 2.45. The number of thiazole rings is 1. The van der Waals surface area contributed by atoms with Crippen molar-refractivity contribution in [1.82, 2.24) is 15.0 Å². The van der Waals surface area contributed by atoms with Crippen LogP contribution in [0, 0.1) is 6.92 Å². The molecule has 1 aliphatic rings. The molecule has 0 fully saturated rings. The molecule has 108 valence electrons. The Labute approximate surface area is 131 Å². The molecule has 0 unspecified atom stereocenters. The van der Waals surface area contributed by atoms with E-state index in [1.54, 1.807) is 11.3 Å². The molecular formula is C17H14N4S. The number of allylic oxidation sites excluding steroid dienone is 5. The van der Waals surface area contributed by atoms with Crippen LogP contribution in [0.25, 0.3) is 21.1 Å². The average Bonchev–Trinajstić information content (AvgIpc) is 2.73. The Bertz CT molecular complexity index is 950. The lowest BCUT2D eigenvalue weighted by Crippen LogP contribution is -2.01. The van der Waals surface area contributed by atoms with Gasteiger partial charge in [0.1, 0.15) is 0 Å². The highest BCUT2D eigenvalue weighted by Crippen LogP contribution is 2.29. The molecule has 0 atom stereocenters. The molecule has 0 bridgehead atoms. The Morgan fingerprint density at radius 2 is 2.14 bits per heavy atom. The number of anilines is 1. The first-order valence-electron chi connectivity index (χ1n) is 7.13. The number of aryl methyl sites for hydroxylation is 1. The van der Waals surface area contributed by atoms with Gasteiger partial charge in [-0.15, -0.1) is 11.3 Å². The number of rotatable bonds is 2. The van der Waals surface area contributed by atoms with Crippen LogP contribution in [-0.4, -0.2) is 15.0 Å². The van der Waals surface area contributed by atoms with Crippen molar-refractivity contribution in [2.75, 3.05) is 5.32 Å². The second-order valence-electron chi connectivity index (χ2n) is 5.09. The van der Waals surface area contributed by atoms with Crippen LogP contribution in [0.15, 0.2) is 54.4 Å². The van der Waals surface area contributed by atoms with Gasteiger partial charge in [-0.25, -0.2) is 15.0 Å². The van der Waals surface area contributed by atoms with E-state index in [4.69, 9.17) is 4.98 Å². The van der Waals surface area contributed by atoms with Gasteiger partial charge < -0.3 is 5.32 Å². The maximum Gasteiger partial charge on any atom is 0.227 e. The summed E-state index contributed by atoms with van der Waals surface area (Å²) < 4.78 is 1.12. The van der Waals surface area contributed by atoms with Gasteiger partial charge in [0.15, 0.2) is 0 Å². The van der Waals surface area contributed by atoms with Gasteiger partial charge in [0, 0.05) is 17.3 Å². The van der Waals surface area contributed by atoms with Crippen LogP contribution >= 0.6 is 11.3 Å². The summed E-state index contributed by atoms with van der Waals surface area (Å²) in [5, 5.41) is 5.37. The molecule has 0 amide bonds. The van der Waals surface area contributed by atoms with Gasteiger partial charge in [0.25, 0.3) is 0 Å². The van der Waals surface area contributed by atoms with Crippen molar-refractivity contribution < 1.29 is 0 Å². The zero-order valence-electron chi connectivity index (χ0n) is 12.1. The highest BCUT2D eigenvalue weighted by atomic mass is 32.1. The molecule has 4 rings (SSSR count). The molecular weight excluding hydrogens is 292 g/mol. The van der Waals surface area contributed by atoms with Crippen LogP contribution in [0.4, 0.5) is 5.95 Å². The van der Waals surface area contributed by atoms with Crippen molar-refractivity contribution in [3.05, 3.63) is 59.4 Å². The van der Waals surface area contributed by atoms with Crippen molar-refractivity contribution in [1.29, 1.82) is 0 Å². The number of hydrogen-bond acceptors (Lipinski definition) is 5. The van der Waals surface area contributed by atoms with Gasteiger partial charge in [-0.3, -0.25) is 0 Å². The minimum atomic E-state index is 0.615. The molecule has 0 saturated carbocycles. The summed E-state index contributed by atoms with van der Waals surface area (Å²) in [7, 11) is 0. The first-order chi connectivity index (χ1) is 10.8. The number of benzene rings is 1.